The Morgan fingerprint density at radius 2 is 2.05 bits per heavy atom. The fraction of sp³-hybridized carbons (Fsp3) is 0.188. The fourth-order valence-corrected chi connectivity index (χ4v) is 2.61. The van der Waals surface area contributed by atoms with E-state index in [1.165, 1.54) is 11.9 Å². The van der Waals surface area contributed by atoms with Gasteiger partial charge in [0.2, 0.25) is 0 Å². The highest BCUT2D eigenvalue weighted by atomic mass is 16.5. The molecule has 0 bridgehead atoms. The number of benzene rings is 1. The number of pyridine rings is 1. The second kappa shape index (κ2) is 5.01. The van der Waals surface area contributed by atoms with E-state index >= 15 is 0 Å². The van der Waals surface area contributed by atoms with Crippen LogP contribution in [0.25, 0.3) is 11.0 Å². The Balaban J connectivity index is 1.50. The molecule has 1 aliphatic heterocycles. The number of nitrogens with one attached hydrogen (secondary N) is 1. The third-order valence-corrected chi connectivity index (χ3v) is 3.62. The van der Waals surface area contributed by atoms with Crippen LogP contribution in [-0.2, 0) is 6.42 Å². The average molecular weight is 278 g/mol. The van der Waals surface area contributed by atoms with Gasteiger partial charge in [0.15, 0.2) is 5.65 Å². The molecule has 0 amide bonds. The highest BCUT2D eigenvalue weighted by Gasteiger charge is 2.22. The molecule has 5 nitrogen and oxygen atoms in total. The van der Waals surface area contributed by atoms with Crippen LogP contribution in [0.15, 0.2) is 48.9 Å². The lowest BCUT2D eigenvalue weighted by Crippen LogP contribution is -2.24. The van der Waals surface area contributed by atoms with Crippen molar-refractivity contribution in [2.45, 2.75) is 12.5 Å². The van der Waals surface area contributed by atoms with Crippen LogP contribution in [0.2, 0.25) is 0 Å². The van der Waals surface area contributed by atoms with Crippen molar-refractivity contribution in [2.75, 3.05) is 11.9 Å². The predicted octanol–water partition coefficient (Wildman–Crippen LogP) is 2.44. The molecule has 0 saturated heterocycles. The van der Waals surface area contributed by atoms with Gasteiger partial charge in [-0.3, -0.25) is 0 Å². The van der Waals surface area contributed by atoms with E-state index in [-0.39, 0.29) is 6.10 Å². The van der Waals surface area contributed by atoms with Gasteiger partial charge in [0, 0.05) is 12.6 Å². The number of hydrogen-bond donors (Lipinski definition) is 1. The van der Waals surface area contributed by atoms with Crippen molar-refractivity contribution in [3.8, 4) is 5.75 Å². The summed E-state index contributed by atoms with van der Waals surface area (Å²) >= 11 is 0. The Hall–Kier alpha value is -2.69. The molecule has 3 heterocycles. The first kappa shape index (κ1) is 12.1. The third kappa shape index (κ3) is 2.27. The number of fused-ring (bicyclic) bond motifs is 2. The quantitative estimate of drug-likeness (QED) is 0.797. The molecule has 1 atom stereocenters. The van der Waals surface area contributed by atoms with E-state index in [2.05, 4.69) is 26.3 Å². The van der Waals surface area contributed by atoms with Crippen molar-refractivity contribution in [1.29, 1.82) is 0 Å². The van der Waals surface area contributed by atoms with Crippen molar-refractivity contribution in [3.05, 3.63) is 54.5 Å². The molecule has 1 aliphatic rings. The van der Waals surface area contributed by atoms with E-state index in [1.54, 1.807) is 6.20 Å². The standard InChI is InChI=1S/C16H14N4O/c1-2-6-14-11(4-1)8-12(21-14)9-18-16-13-5-3-7-17-15(13)19-10-20-16/h1-7,10,12H,8-9H2,(H,17,18,19,20). The Labute approximate surface area is 122 Å². The molecule has 3 aromatic rings. The van der Waals surface area contributed by atoms with Crippen LogP contribution in [-0.4, -0.2) is 27.6 Å². The Kier molecular flexibility index (Phi) is 2.88. The van der Waals surface area contributed by atoms with Gasteiger partial charge in [-0.15, -0.1) is 0 Å². The van der Waals surface area contributed by atoms with E-state index in [0.717, 1.165) is 23.4 Å². The van der Waals surface area contributed by atoms with E-state index in [9.17, 15) is 0 Å². The zero-order valence-electron chi connectivity index (χ0n) is 11.4. The molecule has 0 spiro atoms. The average Bonchev–Trinajstić information content (AvgIpc) is 2.96. The van der Waals surface area contributed by atoms with Crippen LogP contribution in [0.5, 0.6) is 5.75 Å². The Bertz CT molecular complexity index is 760. The summed E-state index contributed by atoms with van der Waals surface area (Å²) in [6.45, 7) is 0.704. The molecule has 2 aromatic heterocycles. The van der Waals surface area contributed by atoms with Crippen molar-refractivity contribution in [3.63, 3.8) is 0 Å². The fourth-order valence-electron chi connectivity index (χ4n) is 2.61. The second-order valence-corrected chi connectivity index (χ2v) is 5.03. The highest BCUT2D eigenvalue weighted by Crippen LogP contribution is 2.28. The van der Waals surface area contributed by atoms with Gasteiger partial charge in [-0.05, 0) is 23.8 Å². The van der Waals surface area contributed by atoms with Crippen LogP contribution < -0.4 is 10.1 Å². The minimum absolute atomic E-state index is 0.129. The number of rotatable bonds is 3. The van der Waals surface area contributed by atoms with Gasteiger partial charge in [0.25, 0.3) is 0 Å². The summed E-state index contributed by atoms with van der Waals surface area (Å²) < 4.78 is 5.92. The number of para-hydroxylation sites is 1. The van der Waals surface area contributed by atoms with Gasteiger partial charge >= 0.3 is 0 Å². The van der Waals surface area contributed by atoms with Crippen molar-refractivity contribution >= 4 is 16.9 Å². The summed E-state index contributed by atoms with van der Waals surface area (Å²) in [5.74, 6) is 1.78. The molecule has 1 aromatic carbocycles. The number of hydrogen-bond acceptors (Lipinski definition) is 5. The second-order valence-electron chi connectivity index (χ2n) is 5.03. The van der Waals surface area contributed by atoms with Gasteiger partial charge in [-0.25, -0.2) is 15.0 Å². The lowest BCUT2D eigenvalue weighted by atomic mass is 10.1. The molecule has 4 rings (SSSR count). The first-order valence-corrected chi connectivity index (χ1v) is 6.94. The van der Waals surface area contributed by atoms with Gasteiger partial charge in [0.1, 0.15) is 24.0 Å². The Morgan fingerprint density at radius 3 is 3.00 bits per heavy atom. The van der Waals surface area contributed by atoms with Crippen molar-refractivity contribution < 1.29 is 4.74 Å². The van der Waals surface area contributed by atoms with E-state index < -0.39 is 0 Å². The summed E-state index contributed by atoms with van der Waals surface area (Å²) in [6.07, 6.45) is 4.31. The SMILES string of the molecule is c1ccc2c(c1)CC(CNc1ncnc3ncccc13)O2. The van der Waals surface area contributed by atoms with Crippen LogP contribution in [0.4, 0.5) is 5.82 Å². The summed E-state index contributed by atoms with van der Waals surface area (Å²) in [7, 11) is 0. The maximum Gasteiger partial charge on any atom is 0.164 e. The zero-order valence-corrected chi connectivity index (χ0v) is 11.4. The Morgan fingerprint density at radius 1 is 1.10 bits per heavy atom. The molecule has 5 heteroatoms. The molecular weight excluding hydrogens is 264 g/mol. The predicted molar refractivity (Wildman–Crippen MR) is 80.4 cm³/mol. The van der Waals surface area contributed by atoms with Gasteiger partial charge < -0.3 is 10.1 Å². The molecule has 104 valence electrons. The van der Waals surface area contributed by atoms with Crippen molar-refractivity contribution in [2.24, 2.45) is 0 Å². The molecule has 1 N–H and O–H groups in total. The maximum atomic E-state index is 5.92. The number of nitrogens with zero attached hydrogens (tertiary/aromatic N) is 3. The smallest absolute Gasteiger partial charge is 0.164 e. The normalized spacial score (nSPS) is 16.5. The monoisotopic (exact) mass is 278 g/mol. The van der Waals surface area contributed by atoms with Crippen LogP contribution >= 0.6 is 0 Å². The summed E-state index contributed by atoms with van der Waals surface area (Å²) in [6, 6.07) is 12.0. The first-order valence-electron chi connectivity index (χ1n) is 6.94. The largest absolute Gasteiger partial charge is 0.488 e. The van der Waals surface area contributed by atoms with Gasteiger partial charge in [-0.2, -0.15) is 0 Å². The summed E-state index contributed by atoms with van der Waals surface area (Å²) in [5.41, 5.74) is 1.96. The van der Waals surface area contributed by atoms with Gasteiger partial charge in [-0.1, -0.05) is 18.2 Å². The zero-order chi connectivity index (χ0) is 14.1. The number of aromatic nitrogens is 3. The number of ether oxygens (including phenoxy) is 1. The molecule has 0 fully saturated rings. The minimum Gasteiger partial charge on any atom is -0.488 e. The van der Waals surface area contributed by atoms with Crippen molar-refractivity contribution in [1.82, 2.24) is 15.0 Å². The molecule has 0 saturated carbocycles. The van der Waals surface area contributed by atoms with Crippen LogP contribution in [0.3, 0.4) is 0 Å². The van der Waals surface area contributed by atoms with Crippen LogP contribution in [0.1, 0.15) is 5.56 Å². The molecule has 1 unspecified atom stereocenters. The summed E-state index contributed by atoms with van der Waals surface area (Å²) in [5, 5.41) is 4.27. The minimum atomic E-state index is 0.129. The topological polar surface area (TPSA) is 59.9 Å². The molecule has 21 heavy (non-hydrogen) atoms. The first-order chi connectivity index (χ1) is 10.4. The maximum absolute atomic E-state index is 5.92. The molecule has 0 radical (unpaired) electrons. The highest BCUT2D eigenvalue weighted by molar-refractivity contribution is 5.85. The van der Waals surface area contributed by atoms with E-state index in [4.69, 9.17) is 4.74 Å². The lowest BCUT2D eigenvalue weighted by Gasteiger charge is -2.13. The number of anilines is 1. The van der Waals surface area contributed by atoms with E-state index in [1.807, 2.05) is 30.3 Å². The van der Waals surface area contributed by atoms with Crippen LogP contribution in [0, 0.1) is 0 Å². The lowest BCUT2D eigenvalue weighted by molar-refractivity contribution is 0.246. The molecular formula is C16H14N4O. The summed E-state index contributed by atoms with van der Waals surface area (Å²) in [4.78, 5) is 12.7. The van der Waals surface area contributed by atoms with Gasteiger partial charge in [0.05, 0.1) is 11.9 Å². The van der Waals surface area contributed by atoms with E-state index in [0.29, 0.717) is 12.2 Å². The third-order valence-electron chi connectivity index (χ3n) is 3.62. The molecule has 0 aliphatic carbocycles.